The Morgan fingerprint density at radius 2 is 1.94 bits per heavy atom. The van der Waals surface area contributed by atoms with Crippen molar-refractivity contribution in [1.29, 1.82) is 0 Å². The Labute approximate surface area is 196 Å². The first-order chi connectivity index (χ1) is 16.4. The summed E-state index contributed by atoms with van der Waals surface area (Å²) in [5.74, 6) is -1.82. The number of ether oxygens (including phenoxy) is 2. The first kappa shape index (κ1) is 21.1. The highest BCUT2D eigenvalue weighted by Crippen LogP contribution is 2.54. The Balaban J connectivity index is 1.43. The summed E-state index contributed by atoms with van der Waals surface area (Å²) < 4.78 is 10.8. The number of amides is 3. The topological polar surface area (TPSA) is 117 Å². The Kier molecular flexibility index (Phi) is 4.53. The minimum atomic E-state index is -1.41. The van der Waals surface area contributed by atoms with E-state index in [0.29, 0.717) is 34.7 Å². The molecule has 176 valence electrons. The molecule has 34 heavy (non-hydrogen) atoms. The third kappa shape index (κ3) is 2.65. The number of anilines is 1. The second kappa shape index (κ2) is 7.28. The molecule has 2 saturated heterocycles. The highest BCUT2D eigenvalue weighted by atomic mass is 16.7. The van der Waals surface area contributed by atoms with Gasteiger partial charge in [-0.25, -0.2) is 0 Å². The van der Waals surface area contributed by atoms with Crippen molar-refractivity contribution >= 4 is 23.4 Å². The van der Waals surface area contributed by atoms with E-state index in [1.165, 1.54) is 4.90 Å². The number of imide groups is 1. The smallest absolute Gasteiger partial charge is 0.250 e. The first-order valence-corrected chi connectivity index (χ1v) is 11.5. The van der Waals surface area contributed by atoms with Crippen LogP contribution in [0, 0.1) is 11.8 Å². The summed E-state index contributed by atoms with van der Waals surface area (Å²) in [5, 5.41) is 16.7. The predicted octanol–water partition coefficient (Wildman–Crippen LogP) is 1.28. The second-order valence-corrected chi connectivity index (χ2v) is 9.32. The zero-order chi connectivity index (χ0) is 23.8. The Hall–Kier alpha value is -3.43. The summed E-state index contributed by atoms with van der Waals surface area (Å²) in [4.78, 5) is 42.1. The van der Waals surface area contributed by atoms with E-state index >= 15 is 0 Å². The van der Waals surface area contributed by atoms with Gasteiger partial charge in [0.05, 0.1) is 24.5 Å². The molecule has 0 radical (unpaired) electrons. The number of nitrogens with one attached hydrogen (secondary N) is 2. The van der Waals surface area contributed by atoms with Crippen LogP contribution < -0.4 is 20.1 Å². The molecule has 6 rings (SSSR count). The maximum absolute atomic E-state index is 13.8. The lowest BCUT2D eigenvalue weighted by molar-refractivity contribution is -0.143. The van der Waals surface area contributed by atoms with Gasteiger partial charge < -0.3 is 19.9 Å². The molecule has 4 aliphatic rings. The van der Waals surface area contributed by atoms with Gasteiger partial charge in [0.15, 0.2) is 11.5 Å². The lowest BCUT2D eigenvalue weighted by atomic mass is 9.76. The van der Waals surface area contributed by atoms with Crippen LogP contribution in [0.1, 0.15) is 30.5 Å². The van der Waals surface area contributed by atoms with Crippen LogP contribution in [0.15, 0.2) is 36.4 Å². The van der Waals surface area contributed by atoms with Gasteiger partial charge in [-0.2, -0.15) is 0 Å². The van der Waals surface area contributed by atoms with Crippen molar-refractivity contribution in [2.75, 3.05) is 12.1 Å². The number of nitrogens with zero attached hydrogens (tertiary/aromatic N) is 1. The number of aryl methyl sites for hydroxylation is 1. The molecule has 1 spiro atoms. The molecule has 9 heteroatoms. The van der Waals surface area contributed by atoms with Crippen LogP contribution in [0.2, 0.25) is 0 Å². The zero-order valence-corrected chi connectivity index (χ0v) is 18.8. The number of aliphatic hydroxyl groups is 1. The van der Waals surface area contributed by atoms with Crippen LogP contribution in [0.5, 0.6) is 11.5 Å². The second-order valence-electron chi connectivity index (χ2n) is 9.32. The van der Waals surface area contributed by atoms with Crippen molar-refractivity contribution in [3.63, 3.8) is 0 Å². The maximum Gasteiger partial charge on any atom is 0.250 e. The molecule has 4 heterocycles. The molecule has 2 aromatic carbocycles. The van der Waals surface area contributed by atoms with E-state index in [-0.39, 0.29) is 19.2 Å². The Morgan fingerprint density at radius 1 is 1.15 bits per heavy atom. The van der Waals surface area contributed by atoms with E-state index in [1.54, 1.807) is 25.1 Å². The summed E-state index contributed by atoms with van der Waals surface area (Å²) in [5.41, 5.74) is 1.59. The van der Waals surface area contributed by atoms with Crippen molar-refractivity contribution in [2.24, 2.45) is 11.8 Å². The molecule has 3 amide bonds. The minimum Gasteiger partial charge on any atom is -0.454 e. The average molecular weight is 463 g/mol. The summed E-state index contributed by atoms with van der Waals surface area (Å²) in [6.45, 7) is 3.74. The molecule has 0 bridgehead atoms. The molecule has 9 nitrogen and oxygen atoms in total. The van der Waals surface area contributed by atoms with Crippen LogP contribution in [-0.2, 0) is 32.9 Å². The summed E-state index contributed by atoms with van der Waals surface area (Å²) in [6.07, 6.45) is -0.239. The highest BCUT2D eigenvalue weighted by Gasteiger charge is 2.71. The number of rotatable bonds is 4. The monoisotopic (exact) mass is 463 g/mol. The quantitative estimate of drug-likeness (QED) is 0.585. The summed E-state index contributed by atoms with van der Waals surface area (Å²) >= 11 is 0. The number of hydrogen-bond donors (Lipinski definition) is 3. The summed E-state index contributed by atoms with van der Waals surface area (Å²) in [6, 6.07) is 10.2. The van der Waals surface area contributed by atoms with E-state index in [9.17, 15) is 19.5 Å². The largest absolute Gasteiger partial charge is 0.454 e. The van der Waals surface area contributed by atoms with Crippen LogP contribution in [0.25, 0.3) is 0 Å². The van der Waals surface area contributed by atoms with Crippen molar-refractivity contribution < 1.29 is 29.0 Å². The number of hydrogen-bond acceptors (Lipinski definition) is 7. The molecule has 2 fully saturated rings. The predicted molar refractivity (Wildman–Crippen MR) is 120 cm³/mol. The molecule has 0 aliphatic carbocycles. The summed E-state index contributed by atoms with van der Waals surface area (Å²) in [7, 11) is 0. The lowest BCUT2D eigenvalue weighted by Gasteiger charge is -2.30. The van der Waals surface area contributed by atoms with Gasteiger partial charge in [0, 0.05) is 17.3 Å². The molecule has 0 unspecified atom stereocenters. The van der Waals surface area contributed by atoms with Crippen LogP contribution in [0.4, 0.5) is 5.69 Å². The molecular weight excluding hydrogens is 438 g/mol. The lowest BCUT2D eigenvalue weighted by Crippen LogP contribution is -2.54. The number of benzene rings is 2. The third-order valence-corrected chi connectivity index (χ3v) is 7.54. The molecular formula is C25H25N3O6. The fourth-order valence-corrected chi connectivity index (χ4v) is 5.97. The number of likely N-dealkylation sites (tertiary alicyclic amines) is 1. The number of carbonyl (C=O) groups is 3. The molecule has 3 N–H and O–H groups in total. The van der Waals surface area contributed by atoms with Crippen LogP contribution in [0.3, 0.4) is 0 Å². The van der Waals surface area contributed by atoms with E-state index in [1.807, 2.05) is 25.1 Å². The third-order valence-electron chi connectivity index (χ3n) is 7.54. The molecule has 4 aliphatic heterocycles. The van der Waals surface area contributed by atoms with Gasteiger partial charge in [-0.05, 0) is 36.6 Å². The SMILES string of the molecule is CCc1cccc2c1NC(=O)[C@]21N[C@@H]([C@@H](C)O)[C@H]2C(=O)N(Cc3ccc4c(c3)OCO4)C(=O)[C@@H]21. The molecule has 0 saturated carbocycles. The number of fused-ring (bicyclic) bond motifs is 5. The highest BCUT2D eigenvalue weighted by molar-refractivity contribution is 6.15. The van der Waals surface area contributed by atoms with Crippen molar-refractivity contribution in [2.45, 2.75) is 44.5 Å². The standard InChI is InChI=1S/C25H25N3O6/c1-3-14-5-4-6-15-21(14)26-24(32)25(15)19-18(20(27-25)12(2)29)22(30)28(23(19)31)10-13-7-8-16-17(9-13)34-11-33-16/h4-9,12,18-20,27,29H,3,10-11H2,1-2H3,(H,26,32)/t12-,18+,19-,20+,25+/m1/s1. The van der Waals surface area contributed by atoms with Gasteiger partial charge in [0.2, 0.25) is 24.5 Å². The van der Waals surface area contributed by atoms with Gasteiger partial charge in [0.25, 0.3) is 0 Å². The van der Waals surface area contributed by atoms with Gasteiger partial charge >= 0.3 is 0 Å². The van der Waals surface area contributed by atoms with Gasteiger partial charge in [0.1, 0.15) is 5.54 Å². The van der Waals surface area contributed by atoms with Crippen LogP contribution >= 0.6 is 0 Å². The van der Waals surface area contributed by atoms with E-state index in [4.69, 9.17) is 9.47 Å². The Morgan fingerprint density at radius 3 is 2.71 bits per heavy atom. The van der Waals surface area contributed by atoms with Crippen molar-refractivity contribution in [3.8, 4) is 11.5 Å². The average Bonchev–Trinajstić information content (AvgIpc) is 3.55. The van der Waals surface area contributed by atoms with Crippen molar-refractivity contribution in [1.82, 2.24) is 10.2 Å². The molecule has 5 atom stereocenters. The fourth-order valence-electron chi connectivity index (χ4n) is 5.97. The number of aliphatic hydroxyl groups excluding tert-OH is 1. The van der Waals surface area contributed by atoms with Gasteiger partial charge in [-0.3, -0.25) is 24.6 Å². The van der Waals surface area contributed by atoms with Crippen molar-refractivity contribution in [3.05, 3.63) is 53.1 Å². The molecule has 0 aromatic heterocycles. The van der Waals surface area contributed by atoms with Gasteiger partial charge in [-0.15, -0.1) is 0 Å². The fraction of sp³-hybridized carbons (Fsp3) is 0.400. The van der Waals surface area contributed by atoms with Gasteiger partial charge in [-0.1, -0.05) is 31.2 Å². The normalized spacial score (nSPS) is 29.6. The maximum atomic E-state index is 13.8. The van der Waals surface area contributed by atoms with E-state index in [0.717, 1.165) is 5.56 Å². The van der Waals surface area contributed by atoms with E-state index in [2.05, 4.69) is 10.6 Å². The van der Waals surface area contributed by atoms with Crippen LogP contribution in [-0.4, -0.2) is 46.7 Å². The zero-order valence-electron chi connectivity index (χ0n) is 18.8. The first-order valence-electron chi connectivity index (χ1n) is 11.5. The van der Waals surface area contributed by atoms with E-state index < -0.39 is 41.3 Å². The molecule has 2 aromatic rings. The minimum absolute atomic E-state index is 0.0490. The number of para-hydroxylation sites is 1. The Bertz CT molecular complexity index is 1240. The number of carbonyl (C=O) groups excluding carboxylic acids is 3.